The molecule has 0 spiro atoms. The largest absolute Gasteiger partial charge is 0.491 e. The minimum absolute atomic E-state index is 0.458. The van der Waals surface area contributed by atoms with Crippen molar-refractivity contribution in [2.45, 2.75) is 13.3 Å². The van der Waals surface area contributed by atoms with Gasteiger partial charge in [-0.15, -0.1) is 0 Å². The highest BCUT2D eigenvalue weighted by atomic mass is 79.9. The van der Waals surface area contributed by atoms with Crippen LogP contribution in [0.2, 0.25) is 10.0 Å². The molecule has 0 aliphatic rings. The van der Waals surface area contributed by atoms with Crippen molar-refractivity contribution in [3.8, 4) is 17.2 Å². The van der Waals surface area contributed by atoms with Crippen molar-refractivity contribution in [3.63, 3.8) is 0 Å². The molecule has 0 amide bonds. The summed E-state index contributed by atoms with van der Waals surface area (Å²) >= 11 is 15.5. The van der Waals surface area contributed by atoms with E-state index in [1.165, 1.54) is 0 Å². The van der Waals surface area contributed by atoms with Crippen LogP contribution in [-0.2, 0) is 0 Å². The van der Waals surface area contributed by atoms with Gasteiger partial charge in [0.05, 0.1) is 22.3 Å². The van der Waals surface area contributed by atoms with Crippen LogP contribution in [0.4, 0.5) is 5.69 Å². The monoisotopic (exact) mass is 389 g/mol. The molecule has 0 bridgehead atoms. The fourth-order valence-corrected chi connectivity index (χ4v) is 2.46. The standard InChI is InChI=1S/C15H14BrCl2NO2/c1-2-5-20-15-6-9(3-4-13(15)19)21-14-8-11(17)10(16)7-12(14)18/h3-4,6-8H,2,5,19H2,1H3. The minimum atomic E-state index is 0.458. The van der Waals surface area contributed by atoms with E-state index in [0.717, 1.165) is 6.42 Å². The molecule has 112 valence electrons. The molecule has 0 atom stereocenters. The van der Waals surface area contributed by atoms with E-state index in [2.05, 4.69) is 15.9 Å². The van der Waals surface area contributed by atoms with Gasteiger partial charge in [-0.25, -0.2) is 0 Å². The number of ether oxygens (including phenoxy) is 2. The van der Waals surface area contributed by atoms with Gasteiger partial charge in [0.2, 0.25) is 0 Å². The van der Waals surface area contributed by atoms with Gasteiger partial charge in [-0.1, -0.05) is 30.1 Å². The Morgan fingerprint density at radius 3 is 2.57 bits per heavy atom. The third kappa shape index (κ3) is 4.19. The fourth-order valence-electron chi connectivity index (χ4n) is 1.62. The lowest BCUT2D eigenvalue weighted by molar-refractivity contribution is 0.317. The van der Waals surface area contributed by atoms with Gasteiger partial charge in [-0.3, -0.25) is 0 Å². The smallest absolute Gasteiger partial charge is 0.147 e. The van der Waals surface area contributed by atoms with Gasteiger partial charge in [-0.2, -0.15) is 0 Å². The predicted molar refractivity (Wildman–Crippen MR) is 90.9 cm³/mol. The van der Waals surface area contributed by atoms with Gasteiger partial charge in [0, 0.05) is 16.6 Å². The highest BCUT2D eigenvalue weighted by molar-refractivity contribution is 9.10. The summed E-state index contributed by atoms with van der Waals surface area (Å²) in [7, 11) is 0. The van der Waals surface area contributed by atoms with Gasteiger partial charge in [0.1, 0.15) is 17.2 Å². The topological polar surface area (TPSA) is 44.5 Å². The summed E-state index contributed by atoms with van der Waals surface area (Å²) < 4.78 is 12.0. The molecule has 0 unspecified atom stereocenters. The molecule has 0 saturated carbocycles. The van der Waals surface area contributed by atoms with E-state index in [9.17, 15) is 0 Å². The van der Waals surface area contributed by atoms with Crippen LogP contribution in [0.15, 0.2) is 34.8 Å². The highest BCUT2D eigenvalue weighted by Crippen LogP contribution is 2.38. The number of halogens is 3. The molecule has 0 aliphatic heterocycles. The lowest BCUT2D eigenvalue weighted by atomic mass is 10.2. The number of nitrogen functional groups attached to an aromatic ring is 1. The maximum Gasteiger partial charge on any atom is 0.147 e. The molecule has 0 saturated heterocycles. The number of hydrogen-bond acceptors (Lipinski definition) is 3. The third-order valence-electron chi connectivity index (χ3n) is 2.65. The van der Waals surface area contributed by atoms with Gasteiger partial charge in [0.15, 0.2) is 0 Å². The first-order chi connectivity index (χ1) is 10.0. The van der Waals surface area contributed by atoms with Crippen molar-refractivity contribution in [3.05, 3.63) is 44.8 Å². The van der Waals surface area contributed by atoms with E-state index in [0.29, 0.717) is 44.1 Å². The Morgan fingerprint density at radius 2 is 1.86 bits per heavy atom. The summed E-state index contributed by atoms with van der Waals surface area (Å²) in [4.78, 5) is 0. The van der Waals surface area contributed by atoms with Gasteiger partial charge < -0.3 is 15.2 Å². The van der Waals surface area contributed by atoms with Crippen LogP contribution >= 0.6 is 39.1 Å². The van der Waals surface area contributed by atoms with Crippen molar-refractivity contribution in [2.24, 2.45) is 0 Å². The van der Waals surface area contributed by atoms with Crippen LogP contribution < -0.4 is 15.2 Å². The second-order valence-electron chi connectivity index (χ2n) is 4.35. The number of anilines is 1. The predicted octanol–water partition coefficient (Wildman–Crippen LogP) is 5.92. The molecule has 0 radical (unpaired) electrons. The van der Waals surface area contributed by atoms with Crippen molar-refractivity contribution >= 4 is 44.8 Å². The Hall–Kier alpha value is -1.10. The number of nitrogens with two attached hydrogens (primary N) is 1. The van der Waals surface area contributed by atoms with Crippen molar-refractivity contribution in [1.82, 2.24) is 0 Å². The number of rotatable bonds is 5. The Bertz CT molecular complexity index is 650. The first kappa shape index (κ1) is 16.3. The molecule has 2 rings (SSSR count). The van der Waals surface area contributed by atoms with Crippen LogP contribution in [0.3, 0.4) is 0 Å². The highest BCUT2D eigenvalue weighted by Gasteiger charge is 2.09. The van der Waals surface area contributed by atoms with Gasteiger partial charge >= 0.3 is 0 Å². The van der Waals surface area contributed by atoms with E-state index in [-0.39, 0.29) is 0 Å². The molecule has 2 N–H and O–H groups in total. The molecule has 3 nitrogen and oxygen atoms in total. The molecule has 0 aliphatic carbocycles. The Kier molecular flexibility index (Phi) is 5.62. The summed E-state index contributed by atoms with van der Waals surface area (Å²) in [6, 6.07) is 8.55. The first-order valence-corrected chi connectivity index (χ1v) is 7.91. The normalized spacial score (nSPS) is 10.5. The van der Waals surface area contributed by atoms with E-state index in [4.69, 9.17) is 38.4 Å². The summed E-state index contributed by atoms with van der Waals surface area (Å²) in [5, 5.41) is 0.978. The second-order valence-corrected chi connectivity index (χ2v) is 6.02. The third-order valence-corrected chi connectivity index (χ3v) is 4.14. The van der Waals surface area contributed by atoms with Crippen LogP contribution in [0.25, 0.3) is 0 Å². The summed E-state index contributed by atoms with van der Waals surface area (Å²) in [6.45, 7) is 2.62. The maximum atomic E-state index is 6.14. The Labute approximate surface area is 142 Å². The molecular formula is C15H14BrCl2NO2. The van der Waals surface area contributed by atoms with Gasteiger partial charge in [-0.05, 0) is 40.5 Å². The summed E-state index contributed by atoms with van der Waals surface area (Å²) in [5.41, 5.74) is 6.43. The maximum absolute atomic E-state index is 6.14. The summed E-state index contributed by atoms with van der Waals surface area (Å²) in [5.74, 6) is 1.64. The van der Waals surface area contributed by atoms with Crippen molar-refractivity contribution in [2.75, 3.05) is 12.3 Å². The number of benzene rings is 2. The summed E-state index contributed by atoms with van der Waals surface area (Å²) in [6.07, 6.45) is 0.901. The molecule has 2 aromatic rings. The van der Waals surface area contributed by atoms with Crippen molar-refractivity contribution < 1.29 is 9.47 Å². The molecule has 0 fully saturated rings. The van der Waals surface area contributed by atoms with Crippen LogP contribution in [-0.4, -0.2) is 6.61 Å². The van der Waals surface area contributed by atoms with Crippen molar-refractivity contribution in [1.29, 1.82) is 0 Å². The fraction of sp³-hybridized carbons (Fsp3) is 0.200. The molecular weight excluding hydrogens is 377 g/mol. The quantitative estimate of drug-likeness (QED) is 0.509. The second kappa shape index (κ2) is 7.25. The van der Waals surface area contributed by atoms with E-state index in [1.807, 2.05) is 6.92 Å². The van der Waals surface area contributed by atoms with Crippen LogP contribution in [0, 0.1) is 0 Å². The van der Waals surface area contributed by atoms with Crippen LogP contribution in [0.5, 0.6) is 17.2 Å². The Balaban J connectivity index is 2.25. The Morgan fingerprint density at radius 1 is 1.10 bits per heavy atom. The first-order valence-electron chi connectivity index (χ1n) is 6.36. The lowest BCUT2D eigenvalue weighted by Crippen LogP contribution is -1.99. The van der Waals surface area contributed by atoms with Gasteiger partial charge in [0.25, 0.3) is 0 Å². The zero-order chi connectivity index (χ0) is 15.4. The van der Waals surface area contributed by atoms with E-state index >= 15 is 0 Å². The minimum Gasteiger partial charge on any atom is -0.491 e. The molecule has 6 heteroatoms. The lowest BCUT2D eigenvalue weighted by Gasteiger charge is -2.12. The number of hydrogen-bond donors (Lipinski definition) is 1. The van der Waals surface area contributed by atoms with E-state index < -0.39 is 0 Å². The average molecular weight is 391 g/mol. The van der Waals surface area contributed by atoms with E-state index in [1.54, 1.807) is 30.3 Å². The molecule has 2 aromatic carbocycles. The zero-order valence-corrected chi connectivity index (χ0v) is 14.4. The SMILES string of the molecule is CCCOc1cc(Oc2cc(Cl)c(Br)cc2Cl)ccc1N. The van der Waals surface area contributed by atoms with Crippen LogP contribution in [0.1, 0.15) is 13.3 Å². The average Bonchev–Trinajstić information content (AvgIpc) is 2.45. The molecule has 21 heavy (non-hydrogen) atoms. The molecule has 0 heterocycles. The zero-order valence-electron chi connectivity index (χ0n) is 11.3. The molecule has 0 aromatic heterocycles.